The van der Waals surface area contributed by atoms with Gasteiger partial charge in [0, 0.05) is 6.54 Å². The molecule has 1 aromatic carbocycles. The summed E-state index contributed by atoms with van der Waals surface area (Å²) in [7, 11) is 1.60. The molecule has 2 aromatic rings. The van der Waals surface area contributed by atoms with Gasteiger partial charge in [0.2, 0.25) is 0 Å². The van der Waals surface area contributed by atoms with Crippen LogP contribution in [0.1, 0.15) is 30.0 Å². The normalized spacial score (nSPS) is 12.2. The van der Waals surface area contributed by atoms with Gasteiger partial charge in [-0.05, 0) is 43.7 Å². The second-order valence-electron chi connectivity index (χ2n) is 5.11. The van der Waals surface area contributed by atoms with Gasteiger partial charge in [0.25, 0.3) is 0 Å². The Kier molecular flexibility index (Phi) is 5.86. The lowest BCUT2D eigenvalue weighted by Crippen LogP contribution is -2.17. The highest BCUT2D eigenvalue weighted by Gasteiger charge is 2.10. The first-order valence-electron chi connectivity index (χ1n) is 7.34. The van der Waals surface area contributed by atoms with Gasteiger partial charge in [0.1, 0.15) is 18.1 Å². The molecule has 1 atom stereocenters. The second kappa shape index (κ2) is 7.87. The lowest BCUT2D eigenvalue weighted by Gasteiger charge is -2.14. The van der Waals surface area contributed by atoms with Crippen LogP contribution in [-0.2, 0) is 6.54 Å². The van der Waals surface area contributed by atoms with Crippen molar-refractivity contribution < 1.29 is 19.0 Å². The Bertz CT molecular complexity index is 594. The number of aryl methyl sites for hydroxylation is 1. The van der Waals surface area contributed by atoms with Crippen LogP contribution in [0.5, 0.6) is 11.5 Å². The Morgan fingerprint density at radius 1 is 1.23 bits per heavy atom. The first kappa shape index (κ1) is 16.4. The Hall–Kier alpha value is -1.98. The number of aliphatic hydroxyl groups excluding tert-OH is 1. The zero-order valence-corrected chi connectivity index (χ0v) is 13.3. The predicted molar refractivity (Wildman–Crippen MR) is 84.3 cm³/mol. The van der Waals surface area contributed by atoms with E-state index in [1.807, 2.05) is 37.3 Å². The molecule has 0 spiro atoms. The van der Waals surface area contributed by atoms with E-state index in [-0.39, 0.29) is 19.3 Å². The van der Waals surface area contributed by atoms with Crippen LogP contribution in [-0.4, -0.2) is 25.4 Å². The van der Waals surface area contributed by atoms with Gasteiger partial charge in [-0.3, -0.25) is 0 Å². The minimum Gasteiger partial charge on any atom is -0.493 e. The second-order valence-corrected chi connectivity index (χ2v) is 5.11. The summed E-state index contributed by atoms with van der Waals surface area (Å²) in [4.78, 5) is 0. The topological polar surface area (TPSA) is 63.9 Å². The Morgan fingerprint density at radius 3 is 2.68 bits per heavy atom. The number of ether oxygens (including phenoxy) is 2. The molecule has 0 saturated carbocycles. The third-order valence-corrected chi connectivity index (χ3v) is 3.38. The van der Waals surface area contributed by atoms with E-state index in [0.717, 1.165) is 17.1 Å². The molecule has 0 aliphatic rings. The molecule has 5 heteroatoms. The summed E-state index contributed by atoms with van der Waals surface area (Å²) in [5.74, 6) is 3.13. The lowest BCUT2D eigenvalue weighted by atomic mass is 10.1. The zero-order valence-electron chi connectivity index (χ0n) is 13.3. The maximum atomic E-state index is 8.82. The molecule has 0 radical (unpaired) electrons. The zero-order chi connectivity index (χ0) is 15.9. The summed E-state index contributed by atoms with van der Waals surface area (Å²) in [6.07, 6.45) is 0. The molecule has 120 valence electrons. The molecule has 0 fully saturated rings. The SMILES string of the molecule is COc1cc(CNC(C)c2ccc(C)o2)ccc1OCCO. The van der Waals surface area contributed by atoms with E-state index in [9.17, 15) is 0 Å². The molecule has 1 heterocycles. The van der Waals surface area contributed by atoms with Crippen LogP contribution in [0.25, 0.3) is 0 Å². The van der Waals surface area contributed by atoms with Crippen LogP contribution >= 0.6 is 0 Å². The molecule has 0 amide bonds. The number of hydrogen-bond acceptors (Lipinski definition) is 5. The molecule has 22 heavy (non-hydrogen) atoms. The van der Waals surface area contributed by atoms with Crippen molar-refractivity contribution in [2.45, 2.75) is 26.4 Å². The van der Waals surface area contributed by atoms with E-state index >= 15 is 0 Å². The third kappa shape index (κ3) is 4.26. The van der Waals surface area contributed by atoms with Gasteiger partial charge in [-0.1, -0.05) is 6.07 Å². The van der Waals surface area contributed by atoms with Crippen molar-refractivity contribution in [1.29, 1.82) is 0 Å². The van der Waals surface area contributed by atoms with Gasteiger partial charge in [-0.2, -0.15) is 0 Å². The Balaban J connectivity index is 1.97. The first-order valence-corrected chi connectivity index (χ1v) is 7.34. The van der Waals surface area contributed by atoms with Crippen molar-refractivity contribution in [2.75, 3.05) is 20.3 Å². The number of furan rings is 1. The molecule has 0 aliphatic carbocycles. The van der Waals surface area contributed by atoms with Crippen LogP contribution in [0.15, 0.2) is 34.7 Å². The van der Waals surface area contributed by atoms with Gasteiger partial charge in [-0.25, -0.2) is 0 Å². The molecular formula is C17H23NO4. The highest BCUT2D eigenvalue weighted by atomic mass is 16.5. The largest absolute Gasteiger partial charge is 0.493 e. The minimum absolute atomic E-state index is 0.0213. The maximum absolute atomic E-state index is 8.82. The Morgan fingerprint density at radius 2 is 2.05 bits per heavy atom. The summed E-state index contributed by atoms with van der Waals surface area (Å²) < 4.78 is 16.4. The molecular weight excluding hydrogens is 282 g/mol. The molecule has 0 saturated heterocycles. The molecule has 1 aromatic heterocycles. The number of hydrogen-bond donors (Lipinski definition) is 2. The van der Waals surface area contributed by atoms with Crippen LogP contribution in [0.4, 0.5) is 0 Å². The van der Waals surface area contributed by atoms with Crippen molar-refractivity contribution in [2.24, 2.45) is 0 Å². The fourth-order valence-corrected chi connectivity index (χ4v) is 2.15. The van der Waals surface area contributed by atoms with E-state index in [1.54, 1.807) is 7.11 Å². The lowest BCUT2D eigenvalue weighted by molar-refractivity contribution is 0.196. The van der Waals surface area contributed by atoms with E-state index in [0.29, 0.717) is 18.0 Å². The average molecular weight is 305 g/mol. The number of benzene rings is 1. The first-order chi connectivity index (χ1) is 10.6. The number of nitrogens with one attached hydrogen (secondary N) is 1. The smallest absolute Gasteiger partial charge is 0.161 e. The number of rotatable bonds is 8. The summed E-state index contributed by atoms with van der Waals surface area (Å²) in [6.45, 7) is 4.92. The van der Waals surface area contributed by atoms with Crippen molar-refractivity contribution in [3.05, 3.63) is 47.4 Å². The van der Waals surface area contributed by atoms with E-state index in [1.165, 1.54) is 0 Å². The summed E-state index contributed by atoms with van der Waals surface area (Å²) >= 11 is 0. The van der Waals surface area contributed by atoms with Crippen molar-refractivity contribution in [1.82, 2.24) is 5.32 Å². The summed E-state index contributed by atoms with van der Waals surface area (Å²) in [6, 6.07) is 9.84. The van der Waals surface area contributed by atoms with Gasteiger partial charge < -0.3 is 24.3 Å². The maximum Gasteiger partial charge on any atom is 0.161 e. The molecule has 1 unspecified atom stereocenters. The van der Waals surface area contributed by atoms with Crippen molar-refractivity contribution in [3.8, 4) is 11.5 Å². The van der Waals surface area contributed by atoms with Crippen molar-refractivity contribution in [3.63, 3.8) is 0 Å². The quantitative estimate of drug-likeness (QED) is 0.785. The average Bonchev–Trinajstić information content (AvgIpc) is 2.97. The fourth-order valence-electron chi connectivity index (χ4n) is 2.15. The van der Waals surface area contributed by atoms with Crippen molar-refractivity contribution >= 4 is 0 Å². The van der Waals surface area contributed by atoms with Crippen LogP contribution in [0, 0.1) is 6.92 Å². The van der Waals surface area contributed by atoms with Crippen LogP contribution in [0.2, 0.25) is 0 Å². The fraction of sp³-hybridized carbons (Fsp3) is 0.412. The highest BCUT2D eigenvalue weighted by Crippen LogP contribution is 2.28. The van der Waals surface area contributed by atoms with Crippen LogP contribution < -0.4 is 14.8 Å². The Labute approximate surface area is 130 Å². The molecule has 2 N–H and O–H groups in total. The van der Waals surface area contributed by atoms with E-state index in [2.05, 4.69) is 12.2 Å². The molecule has 0 aliphatic heterocycles. The highest BCUT2D eigenvalue weighted by molar-refractivity contribution is 5.43. The standard InChI is InChI=1S/C17H23NO4/c1-12-4-6-15(22-12)13(2)18-11-14-5-7-16(21-9-8-19)17(10-14)20-3/h4-7,10,13,18-19H,8-9,11H2,1-3H3. The summed E-state index contributed by atoms with van der Waals surface area (Å²) in [5, 5.41) is 12.2. The van der Waals surface area contributed by atoms with Gasteiger partial charge in [-0.15, -0.1) is 0 Å². The van der Waals surface area contributed by atoms with E-state index in [4.69, 9.17) is 19.0 Å². The molecule has 0 bridgehead atoms. The molecule has 2 rings (SSSR count). The monoisotopic (exact) mass is 305 g/mol. The summed E-state index contributed by atoms with van der Waals surface area (Å²) in [5.41, 5.74) is 1.09. The van der Waals surface area contributed by atoms with Crippen LogP contribution in [0.3, 0.4) is 0 Å². The van der Waals surface area contributed by atoms with Gasteiger partial charge >= 0.3 is 0 Å². The van der Waals surface area contributed by atoms with E-state index < -0.39 is 0 Å². The predicted octanol–water partition coefficient (Wildman–Crippen LogP) is 2.82. The van der Waals surface area contributed by atoms with Gasteiger partial charge in [0.05, 0.1) is 19.8 Å². The molecule has 5 nitrogen and oxygen atoms in total. The minimum atomic E-state index is -0.0213. The number of aliphatic hydroxyl groups is 1. The number of methoxy groups -OCH3 is 1. The van der Waals surface area contributed by atoms with Gasteiger partial charge in [0.15, 0.2) is 11.5 Å². The third-order valence-electron chi connectivity index (χ3n) is 3.38.